The van der Waals surface area contributed by atoms with E-state index in [4.69, 9.17) is 32.7 Å². The molecule has 0 heterocycles. The van der Waals surface area contributed by atoms with E-state index >= 15 is 0 Å². The topological polar surface area (TPSA) is 18.5 Å². The van der Waals surface area contributed by atoms with E-state index in [9.17, 15) is 0 Å². The van der Waals surface area contributed by atoms with Gasteiger partial charge >= 0.3 is 0 Å². The zero-order valence-electron chi connectivity index (χ0n) is 16.9. The number of benzene rings is 2. The Bertz CT molecular complexity index is 743. The molecule has 0 saturated heterocycles. The summed E-state index contributed by atoms with van der Waals surface area (Å²) in [5, 5.41) is 1.14. The van der Waals surface area contributed by atoms with E-state index in [1.807, 2.05) is 79.7 Å². The number of ether oxygens (including phenoxy) is 2. The molecule has 142 valence electrons. The van der Waals surface area contributed by atoms with Crippen LogP contribution in [0.1, 0.15) is 52.7 Å². The van der Waals surface area contributed by atoms with Crippen LogP contribution in [-0.2, 0) is 0 Å². The van der Waals surface area contributed by atoms with E-state index in [0.717, 1.165) is 22.3 Å². The molecule has 0 N–H and O–H groups in total. The van der Waals surface area contributed by atoms with Crippen LogP contribution in [0.25, 0.3) is 11.1 Å². The fraction of sp³-hybridized carbons (Fsp3) is 0.455. The Hall–Kier alpha value is -1.38. The van der Waals surface area contributed by atoms with Crippen LogP contribution in [0.15, 0.2) is 24.3 Å². The highest BCUT2D eigenvalue weighted by molar-refractivity contribution is 6.33. The highest BCUT2D eigenvalue weighted by Gasteiger charge is 2.26. The van der Waals surface area contributed by atoms with E-state index in [1.165, 1.54) is 0 Å². The monoisotopic (exact) mass is 394 g/mol. The molecule has 0 saturated carbocycles. The minimum absolute atomic E-state index is 0.385. The molecule has 0 radical (unpaired) electrons. The molecule has 0 aliphatic heterocycles. The van der Waals surface area contributed by atoms with Gasteiger partial charge < -0.3 is 9.47 Å². The molecule has 0 unspecified atom stereocenters. The van der Waals surface area contributed by atoms with Gasteiger partial charge in [-0.15, -0.1) is 0 Å². The van der Waals surface area contributed by atoms with Gasteiger partial charge in [0.1, 0.15) is 22.7 Å². The summed E-state index contributed by atoms with van der Waals surface area (Å²) >= 11 is 13.1. The van der Waals surface area contributed by atoms with E-state index in [2.05, 4.69) is 0 Å². The molecule has 0 aliphatic rings. The summed E-state index contributed by atoms with van der Waals surface area (Å²) in [7, 11) is 0. The van der Waals surface area contributed by atoms with Crippen molar-refractivity contribution in [1.82, 2.24) is 0 Å². The van der Waals surface area contributed by atoms with Crippen molar-refractivity contribution in [2.75, 3.05) is 0 Å². The molecule has 26 heavy (non-hydrogen) atoms. The summed E-state index contributed by atoms with van der Waals surface area (Å²) in [6, 6.07) is 7.72. The average Bonchev–Trinajstić information content (AvgIpc) is 2.46. The Morgan fingerprint density at radius 3 is 1.19 bits per heavy atom. The Labute approximate surface area is 167 Å². The van der Waals surface area contributed by atoms with Gasteiger partial charge in [0.25, 0.3) is 0 Å². The van der Waals surface area contributed by atoms with Gasteiger partial charge in [-0.1, -0.05) is 35.3 Å². The van der Waals surface area contributed by atoms with Crippen molar-refractivity contribution in [3.05, 3.63) is 45.4 Å². The molecule has 0 bridgehead atoms. The van der Waals surface area contributed by atoms with Gasteiger partial charge in [0.15, 0.2) is 0 Å². The summed E-state index contributed by atoms with van der Waals surface area (Å²) in [4.78, 5) is 0. The van der Waals surface area contributed by atoms with Gasteiger partial charge in [0.05, 0.1) is 10.0 Å². The molecule has 0 aromatic heterocycles. The summed E-state index contributed by atoms with van der Waals surface area (Å²) in [6.07, 6.45) is 0. The molecule has 2 aromatic carbocycles. The van der Waals surface area contributed by atoms with Crippen LogP contribution < -0.4 is 9.47 Å². The predicted molar refractivity (Wildman–Crippen MR) is 112 cm³/mol. The Kier molecular flexibility index (Phi) is 5.90. The third-order valence-corrected chi connectivity index (χ3v) is 4.30. The van der Waals surface area contributed by atoms with Crippen LogP contribution in [0.5, 0.6) is 11.5 Å². The number of halogens is 2. The molecule has 0 fully saturated rings. The summed E-state index contributed by atoms with van der Waals surface area (Å²) in [6.45, 7) is 16.1. The van der Waals surface area contributed by atoms with Crippen LogP contribution in [0.4, 0.5) is 0 Å². The molecule has 2 aromatic rings. The SMILES string of the molecule is Cc1ccc(Cl)c(OC(C)(C)C)c1-c1c(C)ccc(Cl)c1OC(C)(C)C. The maximum Gasteiger partial charge on any atom is 0.146 e. The first-order valence-electron chi connectivity index (χ1n) is 8.77. The molecular formula is C22H28Cl2O2. The minimum Gasteiger partial charge on any atom is -0.486 e. The number of hydrogen-bond acceptors (Lipinski definition) is 2. The third-order valence-electron chi connectivity index (χ3n) is 3.70. The fourth-order valence-corrected chi connectivity index (χ4v) is 3.14. The minimum atomic E-state index is -0.385. The molecule has 2 nitrogen and oxygen atoms in total. The lowest BCUT2D eigenvalue weighted by Gasteiger charge is -2.29. The zero-order valence-corrected chi connectivity index (χ0v) is 18.4. The highest BCUT2D eigenvalue weighted by atomic mass is 35.5. The van der Waals surface area contributed by atoms with E-state index in [-0.39, 0.29) is 11.2 Å². The second-order valence-electron chi connectivity index (χ2n) is 8.57. The lowest BCUT2D eigenvalue weighted by atomic mass is 9.94. The fourth-order valence-electron chi connectivity index (χ4n) is 2.74. The number of rotatable bonds is 3. The molecular weight excluding hydrogens is 367 g/mol. The number of hydrogen-bond donors (Lipinski definition) is 0. The maximum absolute atomic E-state index is 6.54. The Morgan fingerprint density at radius 1 is 0.615 bits per heavy atom. The smallest absolute Gasteiger partial charge is 0.146 e. The normalized spacial score (nSPS) is 12.2. The highest BCUT2D eigenvalue weighted by Crippen LogP contribution is 2.48. The van der Waals surface area contributed by atoms with Crippen LogP contribution in [0, 0.1) is 13.8 Å². The largest absolute Gasteiger partial charge is 0.486 e. The van der Waals surface area contributed by atoms with Crippen molar-refractivity contribution in [2.45, 2.75) is 66.6 Å². The van der Waals surface area contributed by atoms with Gasteiger partial charge in [0.2, 0.25) is 0 Å². The van der Waals surface area contributed by atoms with Crippen LogP contribution in [-0.4, -0.2) is 11.2 Å². The summed E-state index contributed by atoms with van der Waals surface area (Å²) < 4.78 is 12.5. The molecule has 0 aliphatic carbocycles. The molecule has 0 amide bonds. The Balaban J connectivity index is 2.84. The summed E-state index contributed by atoms with van der Waals surface area (Å²) in [5.41, 5.74) is 3.18. The standard InChI is InChI=1S/C22H28Cl2O2/c1-13-9-11-15(23)19(25-21(3,4)5)17(13)18-14(2)10-12-16(24)20(18)26-22(6,7)8/h9-12H,1-8H3. The van der Waals surface area contributed by atoms with Gasteiger partial charge in [-0.05, 0) is 78.6 Å². The Morgan fingerprint density at radius 2 is 0.923 bits per heavy atom. The zero-order chi connectivity index (χ0) is 19.9. The quantitative estimate of drug-likeness (QED) is 0.532. The van der Waals surface area contributed by atoms with Gasteiger partial charge in [-0.3, -0.25) is 0 Å². The van der Waals surface area contributed by atoms with E-state index < -0.39 is 0 Å². The first kappa shape index (κ1) is 20.9. The second kappa shape index (κ2) is 7.32. The van der Waals surface area contributed by atoms with Crippen molar-refractivity contribution in [2.24, 2.45) is 0 Å². The molecule has 0 spiro atoms. The van der Waals surface area contributed by atoms with Gasteiger partial charge in [-0.25, -0.2) is 0 Å². The number of aryl methyl sites for hydroxylation is 2. The van der Waals surface area contributed by atoms with Crippen LogP contribution >= 0.6 is 23.2 Å². The van der Waals surface area contributed by atoms with Crippen LogP contribution in [0.3, 0.4) is 0 Å². The summed E-state index contributed by atoms with van der Waals surface area (Å²) in [5.74, 6) is 1.31. The molecule has 0 atom stereocenters. The van der Waals surface area contributed by atoms with Crippen molar-refractivity contribution < 1.29 is 9.47 Å². The van der Waals surface area contributed by atoms with Crippen molar-refractivity contribution >= 4 is 23.2 Å². The van der Waals surface area contributed by atoms with Crippen molar-refractivity contribution in [1.29, 1.82) is 0 Å². The third kappa shape index (κ3) is 4.86. The lowest BCUT2D eigenvalue weighted by Crippen LogP contribution is -2.25. The maximum atomic E-state index is 6.54. The average molecular weight is 395 g/mol. The van der Waals surface area contributed by atoms with Crippen molar-refractivity contribution in [3.8, 4) is 22.6 Å². The first-order chi connectivity index (χ1) is 11.8. The van der Waals surface area contributed by atoms with Gasteiger partial charge in [0, 0.05) is 11.1 Å². The van der Waals surface area contributed by atoms with E-state index in [1.54, 1.807) is 0 Å². The lowest BCUT2D eigenvalue weighted by molar-refractivity contribution is 0.128. The predicted octanol–water partition coefficient (Wildman–Crippen LogP) is 7.63. The van der Waals surface area contributed by atoms with Gasteiger partial charge in [-0.2, -0.15) is 0 Å². The van der Waals surface area contributed by atoms with E-state index in [0.29, 0.717) is 21.5 Å². The second-order valence-corrected chi connectivity index (χ2v) is 9.38. The molecule has 2 rings (SSSR count). The molecule has 4 heteroatoms. The first-order valence-corrected chi connectivity index (χ1v) is 9.52. The van der Waals surface area contributed by atoms with Crippen LogP contribution in [0.2, 0.25) is 10.0 Å². The van der Waals surface area contributed by atoms with Crippen molar-refractivity contribution in [3.63, 3.8) is 0 Å².